The zero-order valence-electron chi connectivity index (χ0n) is 18.9. The van der Waals surface area contributed by atoms with Gasteiger partial charge in [-0.3, -0.25) is 9.69 Å². The van der Waals surface area contributed by atoms with E-state index in [0.717, 1.165) is 61.8 Å². The van der Waals surface area contributed by atoms with Gasteiger partial charge >= 0.3 is 12.1 Å². The van der Waals surface area contributed by atoms with Gasteiger partial charge in [-0.15, -0.1) is 5.10 Å². The molecule has 3 fully saturated rings. The number of aromatic nitrogens is 3. The van der Waals surface area contributed by atoms with Crippen LogP contribution in [0.3, 0.4) is 0 Å². The third-order valence-corrected chi connectivity index (χ3v) is 7.68. The molecular weight excluding hydrogens is 475 g/mol. The van der Waals surface area contributed by atoms with Crippen molar-refractivity contribution in [1.29, 1.82) is 0 Å². The van der Waals surface area contributed by atoms with Gasteiger partial charge in [-0.2, -0.15) is 13.2 Å². The molecule has 1 N–H and O–H groups in total. The lowest BCUT2D eigenvalue weighted by Gasteiger charge is -2.57. The topological polar surface area (TPSA) is 113 Å². The van der Waals surface area contributed by atoms with Crippen molar-refractivity contribution in [2.75, 3.05) is 19.6 Å². The van der Waals surface area contributed by atoms with E-state index in [1.54, 1.807) is 0 Å². The van der Waals surface area contributed by atoms with E-state index < -0.39 is 12.1 Å². The molecule has 5 rings (SSSR count). The monoisotopic (exact) mass is 501 g/mol. The van der Waals surface area contributed by atoms with Crippen molar-refractivity contribution in [3.63, 3.8) is 0 Å². The van der Waals surface area contributed by atoms with Crippen LogP contribution in [0.25, 0.3) is 0 Å². The fourth-order valence-corrected chi connectivity index (χ4v) is 5.42. The Labute approximate surface area is 198 Å². The largest absolute Gasteiger partial charge is 0.490 e. The summed E-state index contributed by atoms with van der Waals surface area (Å²) in [5, 5.41) is 15.4. The molecule has 1 unspecified atom stereocenters. The van der Waals surface area contributed by atoms with Crippen molar-refractivity contribution in [3.8, 4) is 0 Å². The third kappa shape index (κ3) is 4.95. The molecule has 0 radical (unpaired) electrons. The van der Waals surface area contributed by atoms with Gasteiger partial charge in [0.15, 0.2) is 5.69 Å². The second-order valence-electron chi connectivity index (χ2n) is 9.09. The first-order chi connectivity index (χ1) is 16.0. The molecule has 2 aromatic rings. The van der Waals surface area contributed by atoms with Crippen molar-refractivity contribution >= 4 is 23.4 Å². The zero-order valence-corrected chi connectivity index (χ0v) is 19.7. The quantitative estimate of drug-likeness (QED) is 0.677. The molecule has 1 amide bonds. The minimum Gasteiger partial charge on any atom is -0.475 e. The second-order valence-corrected chi connectivity index (χ2v) is 9.88. The molecule has 1 spiro atoms. The molecule has 1 atom stereocenters. The lowest BCUT2D eigenvalue weighted by Crippen LogP contribution is -2.67. The Morgan fingerprint density at radius 3 is 2.47 bits per heavy atom. The van der Waals surface area contributed by atoms with Crippen LogP contribution in [0.5, 0.6) is 0 Å². The lowest BCUT2D eigenvalue weighted by molar-refractivity contribution is -0.192. The van der Waals surface area contributed by atoms with Gasteiger partial charge < -0.3 is 14.5 Å². The summed E-state index contributed by atoms with van der Waals surface area (Å²) in [5.74, 6) is -1.26. The summed E-state index contributed by atoms with van der Waals surface area (Å²) in [7, 11) is 0. The van der Waals surface area contributed by atoms with E-state index in [4.69, 9.17) is 14.4 Å². The number of aliphatic carboxylic acids is 1. The maximum Gasteiger partial charge on any atom is 0.490 e. The Morgan fingerprint density at radius 1 is 1.24 bits per heavy atom. The van der Waals surface area contributed by atoms with E-state index in [0.29, 0.717) is 11.6 Å². The summed E-state index contributed by atoms with van der Waals surface area (Å²) < 4.78 is 41.1. The van der Waals surface area contributed by atoms with Crippen molar-refractivity contribution in [3.05, 3.63) is 27.6 Å². The van der Waals surface area contributed by atoms with Gasteiger partial charge in [0.25, 0.3) is 5.91 Å². The average molecular weight is 502 g/mol. The molecule has 0 bridgehead atoms. The second kappa shape index (κ2) is 9.25. The average Bonchev–Trinajstić information content (AvgIpc) is 3.43. The Hall–Kier alpha value is -2.54. The lowest BCUT2D eigenvalue weighted by atomic mass is 9.77. The summed E-state index contributed by atoms with van der Waals surface area (Å²) >= 11 is 1.40. The van der Waals surface area contributed by atoms with Crippen LogP contribution in [0, 0.1) is 13.8 Å². The van der Waals surface area contributed by atoms with Crippen molar-refractivity contribution in [1.82, 2.24) is 24.5 Å². The van der Waals surface area contributed by atoms with Crippen LogP contribution in [0.15, 0.2) is 4.52 Å². The number of carbonyl (C=O) groups is 2. The standard InChI is InChI=1S/C19H25N5O2S.C2HF3O2/c1-12-15(13(2)26-21-12)10-24-9-7-19(24)6-3-8-23(11-19)18(25)16-17(14-4-5-14)27-22-20-16;3-2(4,5)1(6)7/h14H,3-11H2,1-2H3;(H,6,7). The van der Waals surface area contributed by atoms with Crippen LogP contribution in [0.4, 0.5) is 13.2 Å². The van der Waals surface area contributed by atoms with Gasteiger partial charge in [0.1, 0.15) is 5.76 Å². The highest BCUT2D eigenvalue weighted by atomic mass is 32.1. The molecule has 13 heteroatoms. The predicted molar refractivity (Wildman–Crippen MR) is 114 cm³/mol. The number of hydrogen-bond donors (Lipinski definition) is 1. The molecule has 34 heavy (non-hydrogen) atoms. The molecule has 4 heterocycles. The number of amides is 1. The smallest absolute Gasteiger partial charge is 0.475 e. The molecule has 1 aliphatic carbocycles. The summed E-state index contributed by atoms with van der Waals surface area (Å²) in [6.45, 7) is 7.52. The van der Waals surface area contributed by atoms with Gasteiger partial charge in [-0.05, 0) is 63.4 Å². The van der Waals surface area contributed by atoms with E-state index in [2.05, 4.69) is 19.6 Å². The van der Waals surface area contributed by atoms with Gasteiger partial charge in [0, 0.05) is 37.3 Å². The van der Waals surface area contributed by atoms with Crippen LogP contribution in [0.2, 0.25) is 0 Å². The molecule has 186 valence electrons. The van der Waals surface area contributed by atoms with E-state index >= 15 is 0 Å². The van der Waals surface area contributed by atoms with Gasteiger partial charge in [0.05, 0.1) is 10.6 Å². The van der Waals surface area contributed by atoms with E-state index in [1.807, 2.05) is 18.7 Å². The van der Waals surface area contributed by atoms with E-state index in [1.165, 1.54) is 29.9 Å². The van der Waals surface area contributed by atoms with Gasteiger partial charge in [0.2, 0.25) is 0 Å². The minimum absolute atomic E-state index is 0.0777. The number of carbonyl (C=O) groups excluding carboxylic acids is 1. The van der Waals surface area contributed by atoms with Crippen LogP contribution in [-0.4, -0.2) is 72.9 Å². The number of nitrogens with zero attached hydrogens (tertiary/aromatic N) is 5. The highest BCUT2D eigenvalue weighted by Crippen LogP contribution is 2.44. The maximum atomic E-state index is 13.2. The predicted octanol–water partition coefficient (Wildman–Crippen LogP) is 3.53. The number of halogens is 3. The number of aryl methyl sites for hydroxylation is 2. The number of hydrogen-bond acceptors (Lipinski definition) is 8. The molecule has 0 aromatic carbocycles. The van der Waals surface area contributed by atoms with Crippen molar-refractivity contribution < 1.29 is 32.4 Å². The number of carboxylic acids is 1. The number of alkyl halides is 3. The zero-order chi connectivity index (χ0) is 24.7. The maximum absolute atomic E-state index is 13.2. The fraction of sp³-hybridized carbons (Fsp3) is 0.667. The first-order valence-corrected chi connectivity index (χ1v) is 11.9. The van der Waals surface area contributed by atoms with Crippen molar-refractivity contribution in [2.45, 2.75) is 70.1 Å². The van der Waals surface area contributed by atoms with Gasteiger partial charge in [-0.1, -0.05) is 9.64 Å². The Bertz CT molecular complexity index is 1050. The molecule has 2 aliphatic heterocycles. The number of rotatable bonds is 4. The van der Waals surface area contributed by atoms with E-state index in [-0.39, 0.29) is 11.4 Å². The molecule has 2 saturated heterocycles. The number of carboxylic acid groups (broad SMARTS) is 1. The summed E-state index contributed by atoms with van der Waals surface area (Å²) in [6.07, 6.45) is 0.578. The Morgan fingerprint density at radius 2 is 1.94 bits per heavy atom. The molecule has 9 nitrogen and oxygen atoms in total. The van der Waals surface area contributed by atoms with E-state index in [9.17, 15) is 18.0 Å². The normalized spacial score (nSPS) is 22.8. The molecule has 3 aliphatic rings. The highest BCUT2D eigenvalue weighted by Gasteiger charge is 2.49. The minimum atomic E-state index is -5.08. The SMILES string of the molecule is Cc1noc(C)c1CN1CCC12CCCN(C(=O)c1nnsc1C1CC1)C2.O=C(O)C(F)(F)F. The third-order valence-electron chi connectivity index (χ3n) is 6.80. The highest BCUT2D eigenvalue weighted by molar-refractivity contribution is 7.06. The molecule has 2 aromatic heterocycles. The van der Waals surface area contributed by atoms with Crippen LogP contribution in [0.1, 0.15) is 70.4 Å². The van der Waals surface area contributed by atoms with Crippen LogP contribution >= 0.6 is 11.5 Å². The van der Waals surface area contributed by atoms with Crippen LogP contribution in [-0.2, 0) is 11.3 Å². The van der Waals surface area contributed by atoms with Crippen molar-refractivity contribution in [2.24, 2.45) is 0 Å². The van der Waals surface area contributed by atoms with Crippen LogP contribution < -0.4 is 0 Å². The Kier molecular flexibility index (Phi) is 6.69. The fourth-order valence-electron chi connectivity index (χ4n) is 4.61. The van der Waals surface area contributed by atoms with Gasteiger partial charge in [-0.25, -0.2) is 4.79 Å². The number of likely N-dealkylation sites (tertiary alicyclic amines) is 2. The first kappa shape index (κ1) is 24.6. The molecular formula is C21H26F3N5O4S. The Balaban J connectivity index is 0.000000344. The first-order valence-electron chi connectivity index (χ1n) is 11.1. The number of piperidine rings is 1. The molecule has 1 saturated carbocycles. The summed E-state index contributed by atoms with van der Waals surface area (Å²) in [5.41, 5.74) is 2.86. The summed E-state index contributed by atoms with van der Waals surface area (Å²) in [6, 6.07) is 0. The summed E-state index contributed by atoms with van der Waals surface area (Å²) in [4.78, 5) is 27.7.